The molecule has 0 aromatic heterocycles. The largest absolute Gasteiger partial charge is 0.494 e. The lowest BCUT2D eigenvalue weighted by molar-refractivity contribution is -0.129. The minimum Gasteiger partial charge on any atom is -0.494 e. The zero-order valence-corrected chi connectivity index (χ0v) is 10.1. The normalized spacial score (nSPS) is 19.8. The van der Waals surface area contributed by atoms with Crippen molar-refractivity contribution < 1.29 is 9.53 Å². The third kappa shape index (κ3) is 2.77. The molecule has 0 aliphatic carbocycles. The first kappa shape index (κ1) is 11.9. The predicted molar refractivity (Wildman–Crippen MR) is 65.6 cm³/mol. The molecule has 0 saturated carbocycles. The van der Waals surface area contributed by atoms with Crippen LogP contribution in [0.5, 0.6) is 5.75 Å². The molecule has 4 heteroatoms. The summed E-state index contributed by atoms with van der Waals surface area (Å²) < 4.78 is 5.43. The summed E-state index contributed by atoms with van der Waals surface area (Å²) in [5.74, 6) is 0.896. The third-order valence-corrected chi connectivity index (χ3v) is 2.92. The summed E-state index contributed by atoms with van der Waals surface area (Å²) in [5.41, 5.74) is 6.77. The average molecular weight is 234 g/mol. The molecule has 1 amide bonds. The maximum Gasteiger partial charge on any atom is 0.239 e. The lowest BCUT2D eigenvalue weighted by Gasteiger charge is -2.16. The molecule has 4 nitrogen and oxygen atoms in total. The smallest absolute Gasteiger partial charge is 0.239 e. The highest BCUT2D eigenvalue weighted by molar-refractivity contribution is 5.83. The fourth-order valence-corrected chi connectivity index (χ4v) is 2.04. The van der Waals surface area contributed by atoms with Crippen molar-refractivity contribution in [3.63, 3.8) is 0 Å². The summed E-state index contributed by atoms with van der Waals surface area (Å²) in [6.07, 6.45) is 0.754. The molecule has 1 atom stereocenters. The minimum absolute atomic E-state index is 0.0480. The number of likely N-dealkylation sites (tertiary alicyclic amines) is 1. The molecule has 17 heavy (non-hydrogen) atoms. The summed E-state index contributed by atoms with van der Waals surface area (Å²) in [6.45, 7) is 3.97. The van der Waals surface area contributed by atoms with Crippen LogP contribution in [-0.4, -0.2) is 30.0 Å². The van der Waals surface area contributed by atoms with E-state index < -0.39 is 0 Å². The van der Waals surface area contributed by atoms with Crippen molar-refractivity contribution in [2.24, 2.45) is 5.73 Å². The van der Waals surface area contributed by atoms with Crippen LogP contribution < -0.4 is 10.5 Å². The van der Waals surface area contributed by atoms with Crippen molar-refractivity contribution in [1.29, 1.82) is 0 Å². The molecule has 0 spiro atoms. The minimum atomic E-state index is -0.315. The Balaban J connectivity index is 2.03. The van der Waals surface area contributed by atoms with Gasteiger partial charge >= 0.3 is 0 Å². The number of benzene rings is 1. The fraction of sp³-hybridized carbons (Fsp3) is 0.462. The lowest BCUT2D eigenvalue weighted by Crippen LogP contribution is -2.33. The van der Waals surface area contributed by atoms with Crippen LogP contribution in [0.4, 0.5) is 0 Å². The van der Waals surface area contributed by atoms with Crippen molar-refractivity contribution in [1.82, 2.24) is 4.90 Å². The van der Waals surface area contributed by atoms with E-state index in [2.05, 4.69) is 0 Å². The maximum absolute atomic E-state index is 11.7. The van der Waals surface area contributed by atoms with Gasteiger partial charge in [-0.15, -0.1) is 0 Å². The molecule has 2 rings (SSSR count). The van der Waals surface area contributed by atoms with Crippen LogP contribution in [-0.2, 0) is 11.3 Å². The number of amides is 1. The Labute approximate surface area is 101 Å². The third-order valence-electron chi connectivity index (χ3n) is 2.92. The number of nitrogens with zero attached hydrogens (tertiary/aromatic N) is 1. The topological polar surface area (TPSA) is 55.6 Å². The summed E-state index contributed by atoms with van der Waals surface area (Å²) in [7, 11) is 0. The van der Waals surface area contributed by atoms with Gasteiger partial charge in [-0.2, -0.15) is 0 Å². The number of nitrogens with two attached hydrogens (primary N) is 1. The van der Waals surface area contributed by atoms with Gasteiger partial charge in [-0.1, -0.05) is 12.1 Å². The molecule has 1 aromatic carbocycles. The van der Waals surface area contributed by atoms with Crippen LogP contribution in [0.1, 0.15) is 18.9 Å². The average Bonchev–Trinajstić information content (AvgIpc) is 2.62. The molecule has 92 valence electrons. The Bertz CT molecular complexity index is 406. The quantitative estimate of drug-likeness (QED) is 0.850. The Morgan fingerprint density at radius 3 is 3.00 bits per heavy atom. The van der Waals surface area contributed by atoms with Gasteiger partial charge in [0.15, 0.2) is 0 Å². The molecule has 1 aliphatic rings. The first-order valence-electron chi connectivity index (χ1n) is 5.97. The van der Waals surface area contributed by atoms with E-state index in [9.17, 15) is 4.79 Å². The number of rotatable bonds is 4. The van der Waals surface area contributed by atoms with Crippen LogP contribution >= 0.6 is 0 Å². The molecular formula is C13H18N2O2. The van der Waals surface area contributed by atoms with Crippen molar-refractivity contribution in [3.8, 4) is 5.75 Å². The van der Waals surface area contributed by atoms with Gasteiger partial charge < -0.3 is 15.4 Å². The van der Waals surface area contributed by atoms with E-state index in [1.165, 1.54) is 0 Å². The highest BCUT2D eigenvalue weighted by atomic mass is 16.5. The van der Waals surface area contributed by atoms with E-state index in [1.54, 1.807) is 4.90 Å². The van der Waals surface area contributed by atoms with Gasteiger partial charge in [-0.25, -0.2) is 0 Å². The Morgan fingerprint density at radius 2 is 2.35 bits per heavy atom. The molecule has 1 aliphatic heterocycles. The zero-order chi connectivity index (χ0) is 12.3. The van der Waals surface area contributed by atoms with Crippen LogP contribution in [0.2, 0.25) is 0 Å². The highest BCUT2D eigenvalue weighted by Gasteiger charge is 2.28. The van der Waals surface area contributed by atoms with Crippen LogP contribution in [0.25, 0.3) is 0 Å². The van der Waals surface area contributed by atoms with Crippen molar-refractivity contribution in [2.75, 3.05) is 13.2 Å². The summed E-state index contributed by atoms with van der Waals surface area (Å²) in [4.78, 5) is 13.5. The molecule has 1 heterocycles. The monoisotopic (exact) mass is 234 g/mol. The summed E-state index contributed by atoms with van der Waals surface area (Å²) in [5, 5.41) is 0. The van der Waals surface area contributed by atoms with Gasteiger partial charge in [0.05, 0.1) is 12.6 Å². The first-order chi connectivity index (χ1) is 8.20. The number of carbonyl (C=O) groups is 1. The molecule has 0 bridgehead atoms. The van der Waals surface area contributed by atoms with E-state index in [-0.39, 0.29) is 11.9 Å². The molecular weight excluding hydrogens is 216 g/mol. The fourth-order valence-electron chi connectivity index (χ4n) is 2.04. The van der Waals surface area contributed by atoms with Crippen molar-refractivity contribution >= 4 is 5.91 Å². The predicted octanol–water partition coefficient (Wildman–Crippen LogP) is 1.14. The van der Waals surface area contributed by atoms with E-state index in [1.807, 2.05) is 31.2 Å². The van der Waals surface area contributed by atoms with Crippen LogP contribution in [0.3, 0.4) is 0 Å². The molecule has 1 fully saturated rings. The van der Waals surface area contributed by atoms with Crippen molar-refractivity contribution in [2.45, 2.75) is 25.9 Å². The van der Waals surface area contributed by atoms with E-state index in [0.717, 1.165) is 24.3 Å². The molecule has 2 N–H and O–H groups in total. The van der Waals surface area contributed by atoms with E-state index in [0.29, 0.717) is 13.2 Å². The molecule has 1 unspecified atom stereocenters. The number of carbonyl (C=O) groups excluding carboxylic acids is 1. The van der Waals surface area contributed by atoms with Gasteiger partial charge in [0.25, 0.3) is 0 Å². The SMILES string of the molecule is CCOc1cccc(CN2CCC(N)C2=O)c1. The summed E-state index contributed by atoms with van der Waals surface area (Å²) >= 11 is 0. The van der Waals surface area contributed by atoms with E-state index >= 15 is 0 Å². The summed E-state index contributed by atoms with van der Waals surface area (Å²) in [6, 6.07) is 7.52. The van der Waals surface area contributed by atoms with Crippen LogP contribution in [0, 0.1) is 0 Å². The van der Waals surface area contributed by atoms with E-state index in [4.69, 9.17) is 10.5 Å². The van der Waals surface area contributed by atoms with Gasteiger partial charge in [-0.05, 0) is 31.0 Å². The van der Waals surface area contributed by atoms with Crippen molar-refractivity contribution in [3.05, 3.63) is 29.8 Å². The van der Waals surface area contributed by atoms with Gasteiger partial charge in [0.2, 0.25) is 5.91 Å². The zero-order valence-electron chi connectivity index (χ0n) is 10.1. The standard InChI is InChI=1S/C13H18N2O2/c1-2-17-11-5-3-4-10(8-11)9-15-7-6-12(14)13(15)16/h3-5,8,12H,2,6-7,9,14H2,1H3. The second-order valence-electron chi connectivity index (χ2n) is 4.24. The number of hydrogen-bond donors (Lipinski definition) is 1. The highest BCUT2D eigenvalue weighted by Crippen LogP contribution is 2.18. The second kappa shape index (κ2) is 5.19. The molecule has 1 saturated heterocycles. The lowest BCUT2D eigenvalue weighted by atomic mass is 10.2. The maximum atomic E-state index is 11.7. The molecule has 0 radical (unpaired) electrons. The Hall–Kier alpha value is -1.55. The van der Waals surface area contributed by atoms with Gasteiger partial charge in [0.1, 0.15) is 5.75 Å². The second-order valence-corrected chi connectivity index (χ2v) is 4.24. The molecule has 1 aromatic rings. The Morgan fingerprint density at radius 1 is 1.53 bits per heavy atom. The Kier molecular flexibility index (Phi) is 3.64. The number of hydrogen-bond acceptors (Lipinski definition) is 3. The van der Waals surface area contributed by atoms with Crippen LogP contribution in [0.15, 0.2) is 24.3 Å². The van der Waals surface area contributed by atoms with Gasteiger partial charge in [-0.3, -0.25) is 4.79 Å². The number of ether oxygens (including phenoxy) is 1. The first-order valence-corrected chi connectivity index (χ1v) is 5.97. The van der Waals surface area contributed by atoms with Gasteiger partial charge in [0, 0.05) is 13.1 Å².